The molecule has 0 saturated heterocycles. The van der Waals surface area contributed by atoms with Crippen molar-refractivity contribution in [3.63, 3.8) is 0 Å². The Hall–Kier alpha value is -1.22. The first-order valence-electron chi connectivity index (χ1n) is 6.31. The van der Waals surface area contributed by atoms with Gasteiger partial charge in [0.15, 0.2) is 0 Å². The minimum Gasteiger partial charge on any atom is -0.492 e. The van der Waals surface area contributed by atoms with E-state index in [0.717, 1.165) is 16.1 Å². The molecule has 3 nitrogen and oxygen atoms in total. The summed E-state index contributed by atoms with van der Waals surface area (Å²) < 4.78 is 5.67. The van der Waals surface area contributed by atoms with Crippen LogP contribution in [0.3, 0.4) is 0 Å². The zero-order valence-corrected chi connectivity index (χ0v) is 12.8. The fourth-order valence-electron chi connectivity index (χ4n) is 1.59. The van der Waals surface area contributed by atoms with Crippen molar-refractivity contribution >= 4 is 17.6 Å². The lowest BCUT2D eigenvalue weighted by Gasteiger charge is -2.21. The van der Waals surface area contributed by atoms with Crippen molar-refractivity contribution in [3.05, 3.63) is 28.3 Å². The Morgan fingerprint density at radius 3 is 2.47 bits per heavy atom. The summed E-state index contributed by atoms with van der Waals surface area (Å²) >= 11 is 6.19. The van der Waals surface area contributed by atoms with Crippen LogP contribution in [0.1, 0.15) is 44.7 Å². The number of aryl methyl sites for hydroxylation is 1. The lowest BCUT2D eigenvalue weighted by molar-refractivity contribution is -0.148. The Balaban J connectivity index is 2.96. The van der Waals surface area contributed by atoms with E-state index in [9.17, 15) is 4.79 Å². The quantitative estimate of drug-likeness (QED) is 0.879. The molecule has 1 aromatic carbocycles. The lowest BCUT2D eigenvalue weighted by atomic mass is 9.95. The molecule has 106 valence electrons. The Labute approximate surface area is 119 Å². The summed E-state index contributed by atoms with van der Waals surface area (Å²) in [5, 5.41) is 9.79. The maximum atomic E-state index is 11.1. The molecule has 0 aliphatic rings. The van der Waals surface area contributed by atoms with Crippen LogP contribution in [0, 0.1) is 12.3 Å². The second kappa shape index (κ2) is 5.83. The van der Waals surface area contributed by atoms with Gasteiger partial charge < -0.3 is 9.84 Å². The SMILES string of the molecule is Cc1cc(Cl)c(C(C)C)cc1OCC(C)(C)C(=O)O. The van der Waals surface area contributed by atoms with Crippen LogP contribution in [-0.2, 0) is 4.79 Å². The Morgan fingerprint density at radius 1 is 1.42 bits per heavy atom. The van der Waals surface area contributed by atoms with Gasteiger partial charge in [0.2, 0.25) is 0 Å². The van der Waals surface area contributed by atoms with Gasteiger partial charge in [0.1, 0.15) is 12.4 Å². The smallest absolute Gasteiger partial charge is 0.312 e. The van der Waals surface area contributed by atoms with Crippen molar-refractivity contribution < 1.29 is 14.6 Å². The van der Waals surface area contributed by atoms with Gasteiger partial charge in [-0.15, -0.1) is 0 Å². The van der Waals surface area contributed by atoms with Crippen LogP contribution in [0.25, 0.3) is 0 Å². The number of benzene rings is 1. The lowest BCUT2D eigenvalue weighted by Crippen LogP contribution is -2.30. The summed E-state index contributed by atoms with van der Waals surface area (Å²) in [5.41, 5.74) is 1.01. The molecule has 0 aliphatic heterocycles. The highest BCUT2D eigenvalue weighted by molar-refractivity contribution is 6.31. The molecule has 0 radical (unpaired) electrons. The van der Waals surface area contributed by atoms with Crippen molar-refractivity contribution in [3.8, 4) is 5.75 Å². The van der Waals surface area contributed by atoms with Gasteiger partial charge in [-0.2, -0.15) is 0 Å². The van der Waals surface area contributed by atoms with E-state index in [2.05, 4.69) is 13.8 Å². The van der Waals surface area contributed by atoms with E-state index in [1.165, 1.54) is 0 Å². The largest absolute Gasteiger partial charge is 0.492 e. The molecule has 0 atom stereocenters. The second-order valence-electron chi connectivity index (χ2n) is 5.77. The molecule has 19 heavy (non-hydrogen) atoms. The van der Waals surface area contributed by atoms with E-state index in [4.69, 9.17) is 21.4 Å². The predicted octanol–water partition coefficient (Wildman–Crippen LogP) is 4.26. The standard InChI is InChI=1S/C15H21ClO3/c1-9(2)11-7-13(10(3)6-12(11)16)19-8-15(4,5)14(17)18/h6-7,9H,8H2,1-5H3,(H,17,18). The molecule has 0 saturated carbocycles. The highest BCUT2D eigenvalue weighted by Crippen LogP contribution is 2.32. The van der Waals surface area contributed by atoms with Gasteiger partial charge in [-0.3, -0.25) is 4.79 Å². The molecule has 0 aliphatic carbocycles. The average Bonchev–Trinajstić information content (AvgIpc) is 2.27. The van der Waals surface area contributed by atoms with Crippen molar-refractivity contribution in [1.29, 1.82) is 0 Å². The van der Waals surface area contributed by atoms with Gasteiger partial charge in [0, 0.05) is 5.02 Å². The van der Waals surface area contributed by atoms with E-state index in [1.54, 1.807) is 13.8 Å². The highest BCUT2D eigenvalue weighted by atomic mass is 35.5. The zero-order chi connectivity index (χ0) is 14.8. The van der Waals surface area contributed by atoms with Gasteiger partial charge in [0.05, 0.1) is 5.41 Å². The molecule has 0 unspecified atom stereocenters. The molecular formula is C15H21ClO3. The van der Waals surface area contributed by atoms with Gasteiger partial charge in [-0.05, 0) is 49.9 Å². The van der Waals surface area contributed by atoms with E-state index >= 15 is 0 Å². The molecule has 0 amide bonds. The van der Waals surface area contributed by atoms with Crippen LogP contribution < -0.4 is 4.74 Å². The minimum atomic E-state index is -0.913. The molecule has 0 aromatic heterocycles. The summed E-state index contributed by atoms with van der Waals surface area (Å²) in [6.07, 6.45) is 0. The van der Waals surface area contributed by atoms with Crippen LogP contribution >= 0.6 is 11.6 Å². The second-order valence-corrected chi connectivity index (χ2v) is 6.18. The Kier molecular flexibility index (Phi) is 4.86. The number of ether oxygens (including phenoxy) is 1. The van der Waals surface area contributed by atoms with E-state index in [1.807, 2.05) is 19.1 Å². The van der Waals surface area contributed by atoms with Crippen molar-refractivity contribution in [2.45, 2.75) is 40.5 Å². The number of hydrogen-bond acceptors (Lipinski definition) is 2. The third kappa shape index (κ3) is 3.87. The number of carboxylic acid groups (broad SMARTS) is 1. The topological polar surface area (TPSA) is 46.5 Å². The van der Waals surface area contributed by atoms with E-state index in [-0.39, 0.29) is 6.61 Å². The molecule has 1 rings (SSSR count). The van der Waals surface area contributed by atoms with Gasteiger partial charge in [0.25, 0.3) is 0 Å². The molecule has 0 spiro atoms. The number of aliphatic carboxylic acids is 1. The minimum absolute atomic E-state index is 0.127. The summed E-state index contributed by atoms with van der Waals surface area (Å²) in [5.74, 6) is 0.119. The van der Waals surface area contributed by atoms with Crippen LogP contribution in [0.15, 0.2) is 12.1 Å². The Bertz CT molecular complexity index is 479. The third-order valence-corrected chi connectivity index (χ3v) is 3.41. The first-order valence-corrected chi connectivity index (χ1v) is 6.69. The first-order chi connectivity index (χ1) is 8.65. The average molecular weight is 285 g/mol. The first kappa shape index (κ1) is 15.8. The van der Waals surface area contributed by atoms with Crippen LogP contribution in [0.5, 0.6) is 5.75 Å². The van der Waals surface area contributed by atoms with Crippen molar-refractivity contribution in [2.75, 3.05) is 6.61 Å². The summed E-state index contributed by atoms with van der Waals surface area (Å²) in [7, 11) is 0. The number of rotatable bonds is 5. The van der Waals surface area contributed by atoms with Crippen molar-refractivity contribution in [1.82, 2.24) is 0 Å². The fourth-order valence-corrected chi connectivity index (χ4v) is 2.02. The number of hydrogen-bond donors (Lipinski definition) is 1. The maximum Gasteiger partial charge on any atom is 0.312 e. The summed E-state index contributed by atoms with van der Waals surface area (Å²) in [6.45, 7) is 9.43. The molecule has 1 aromatic rings. The van der Waals surface area contributed by atoms with Crippen LogP contribution in [0.4, 0.5) is 0 Å². The zero-order valence-electron chi connectivity index (χ0n) is 12.1. The summed E-state index contributed by atoms with van der Waals surface area (Å²) in [6, 6.07) is 3.76. The van der Waals surface area contributed by atoms with E-state index in [0.29, 0.717) is 11.7 Å². The molecule has 0 fully saturated rings. The highest BCUT2D eigenvalue weighted by Gasteiger charge is 2.28. The molecule has 0 bridgehead atoms. The van der Waals surface area contributed by atoms with E-state index < -0.39 is 11.4 Å². The van der Waals surface area contributed by atoms with Gasteiger partial charge >= 0.3 is 5.97 Å². The maximum absolute atomic E-state index is 11.1. The van der Waals surface area contributed by atoms with Gasteiger partial charge in [-0.1, -0.05) is 25.4 Å². The predicted molar refractivity (Wildman–Crippen MR) is 77.2 cm³/mol. The molecular weight excluding hydrogens is 264 g/mol. The third-order valence-electron chi connectivity index (χ3n) is 3.08. The van der Waals surface area contributed by atoms with Crippen molar-refractivity contribution in [2.24, 2.45) is 5.41 Å². The van der Waals surface area contributed by atoms with Gasteiger partial charge in [-0.25, -0.2) is 0 Å². The fraction of sp³-hybridized carbons (Fsp3) is 0.533. The number of carboxylic acids is 1. The number of halogens is 1. The normalized spacial score (nSPS) is 11.7. The molecule has 1 N–H and O–H groups in total. The number of carbonyl (C=O) groups is 1. The molecule has 0 heterocycles. The summed E-state index contributed by atoms with van der Waals surface area (Å²) in [4.78, 5) is 11.1. The molecule has 4 heteroatoms. The van der Waals surface area contributed by atoms with Crippen LogP contribution in [-0.4, -0.2) is 17.7 Å². The van der Waals surface area contributed by atoms with Crippen LogP contribution in [0.2, 0.25) is 5.02 Å². The Morgan fingerprint density at radius 2 is 2.00 bits per heavy atom. The monoisotopic (exact) mass is 284 g/mol.